The topological polar surface area (TPSA) is 25.8 Å². The van der Waals surface area contributed by atoms with Crippen LogP contribution in [-0.4, -0.2) is 18.0 Å². The first kappa shape index (κ1) is 33.1. The van der Waals surface area contributed by atoms with Crippen LogP contribution in [0, 0.1) is 17.9 Å². The van der Waals surface area contributed by atoms with Gasteiger partial charge in [0.25, 0.3) is 0 Å². The Hall–Kier alpha value is -3.80. The second kappa shape index (κ2) is 14.1. The zero-order valence-corrected chi connectivity index (χ0v) is 30.9. The first-order valence-corrected chi connectivity index (χ1v) is 20.2. The number of halogens is 1. The molecule has 7 aromatic rings. The Bertz CT molecular complexity index is 2140. The van der Waals surface area contributed by atoms with Crippen LogP contribution in [-0.2, 0) is 32.9 Å². The Balaban J connectivity index is 0.000000194. The van der Waals surface area contributed by atoms with Gasteiger partial charge in [-0.3, -0.25) is 0 Å². The Morgan fingerprint density at radius 3 is 2.32 bits per heavy atom. The predicted octanol–water partition coefficient (Wildman–Crippen LogP) is 10.7. The summed E-state index contributed by atoms with van der Waals surface area (Å²) < 4.78 is 15.8. The van der Waals surface area contributed by atoms with Crippen LogP contribution in [0.25, 0.3) is 53.8 Å². The van der Waals surface area contributed by atoms with Crippen LogP contribution in [0.1, 0.15) is 24.0 Å². The average molecular weight is 827 g/mol. The summed E-state index contributed by atoms with van der Waals surface area (Å²) in [6, 6.07) is 38.5. The number of hydrogen-bond acceptors (Lipinski definition) is 3. The molecule has 0 N–H and O–H groups in total. The van der Waals surface area contributed by atoms with Crippen molar-refractivity contribution in [2.24, 2.45) is 0 Å². The van der Waals surface area contributed by atoms with Gasteiger partial charge in [-0.25, -0.2) is 4.39 Å². The van der Waals surface area contributed by atoms with Crippen molar-refractivity contribution in [1.82, 2.24) is 9.97 Å². The van der Waals surface area contributed by atoms with E-state index in [9.17, 15) is 4.39 Å². The van der Waals surface area contributed by atoms with Crippen molar-refractivity contribution in [3.05, 3.63) is 139 Å². The summed E-state index contributed by atoms with van der Waals surface area (Å²) >= 11 is 1.80. The van der Waals surface area contributed by atoms with Crippen LogP contribution in [0.2, 0.25) is 19.6 Å². The number of pyridine rings is 2. The molecule has 47 heavy (non-hydrogen) atoms. The van der Waals surface area contributed by atoms with Crippen LogP contribution in [0.4, 0.5) is 4.39 Å². The van der Waals surface area contributed by atoms with Gasteiger partial charge in [0.2, 0.25) is 0 Å². The fourth-order valence-corrected chi connectivity index (χ4v) is 8.44. The summed E-state index contributed by atoms with van der Waals surface area (Å²) in [5.74, 6) is -0.208. The monoisotopic (exact) mass is 827 g/mol. The number of fused-ring (bicyclic) bond motifs is 4. The normalized spacial score (nSPS) is 12.6. The molecule has 2 nitrogen and oxygen atoms in total. The third-order valence-corrected chi connectivity index (χ3v) is 12.0. The molecule has 237 valence electrons. The molecule has 0 spiro atoms. The summed E-state index contributed by atoms with van der Waals surface area (Å²) in [6.45, 7) is 7.00. The van der Waals surface area contributed by atoms with E-state index >= 15 is 0 Å². The van der Waals surface area contributed by atoms with Crippen LogP contribution in [0.5, 0.6) is 0 Å². The molecule has 1 aliphatic rings. The fraction of sp³-hybridized carbons (Fsp3) is 0.171. The quantitative estimate of drug-likeness (QED) is 0.131. The Morgan fingerprint density at radius 1 is 0.766 bits per heavy atom. The number of aryl methyl sites for hydroxylation is 1. The number of rotatable bonds is 4. The van der Waals surface area contributed by atoms with Gasteiger partial charge in [-0.15, -0.1) is 59.7 Å². The van der Waals surface area contributed by atoms with Gasteiger partial charge in [0.15, 0.2) is 0 Å². The summed E-state index contributed by atoms with van der Waals surface area (Å²) in [5.41, 5.74) is 9.26. The van der Waals surface area contributed by atoms with Crippen LogP contribution < -0.4 is 5.19 Å². The van der Waals surface area contributed by atoms with E-state index in [1.807, 2.05) is 54.9 Å². The van der Waals surface area contributed by atoms with Crippen molar-refractivity contribution in [3.8, 4) is 33.6 Å². The van der Waals surface area contributed by atoms with Crippen molar-refractivity contribution in [2.75, 3.05) is 0 Å². The first-order valence-electron chi connectivity index (χ1n) is 15.9. The minimum absolute atomic E-state index is 0. The van der Waals surface area contributed by atoms with E-state index < -0.39 is 8.07 Å². The smallest absolute Gasteiger partial charge is 0.123 e. The Labute approximate surface area is 295 Å². The SMILES string of the molecule is C[Si](C)(C)c1ccc(-c2[c-]cccc2)nc1.Fc1ccc(-c2ccc3c(c2)sc2c(-c4nccc5c4CCCC5)[c-]ccc23)cc1.[Ir]. The van der Waals surface area contributed by atoms with Crippen LogP contribution in [0.15, 0.2) is 109 Å². The molecule has 6 heteroatoms. The van der Waals surface area contributed by atoms with Gasteiger partial charge < -0.3 is 9.97 Å². The number of aromatic nitrogens is 2. The Kier molecular flexibility index (Phi) is 9.95. The molecule has 4 aromatic carbocycles. The molecule has 1 radical (unpaired) electrons. The molecule has 1 aliphatic carbocycles. The van der Waals surface area contributed by atoms with Gasteiger partial charge in [-0.1, -0.05) is 72.6 Å². The summed E-state index contributed by atoms with van der Waals surface area (Å²) in [4.78, 5) is 9.31. The molecule has 3 aromatic heterocycles. The third-order valence-electron chi connectivity index (χ3n) is 8.74. The predicted molar refractivity (Wildman–Crippen MR) is 195 cm³/mol. The molecular weight excluding hydrogens is 792 g/mol. The third kappa shape index (κ3) is 7.07. The first-order chi connectivity index (χ1) is 22.3. The molecule has 0 saturated carbocycles. The molecule has 0 saturated heterocycles. The molecule has 0 fully saturated rings. The molecule has 0 amide bonds. The minimum Gasteiger partial charge on any atom is -0.305 e. The maximum Gasteiger partial charge on any atom is 0.123 e. The minimum atomic E-state index is -1.23. The number of nitrogens with zero attached hydrogens (tertiary/aromatic N) is 2. The van der Waals surface area contributed by atoms with Crippen molar-refractivity contribution in [3.63, 3.8) is 0 Å². The van der Waals surface area contributed by atoms with E-state index in [2.05, 4.69) is 79.2 Å². The Morgan fingerprint density at radius 2 is 1.57 bits per heavy atom. The molecule has 0 unspecified atom stereocenters. The number of thiophene rings is 1. The number of hydrogen-bond donors (Lipinski definition) is 0. The van der Waals surface area contributed by atoms with E-state index in [0.717, 1.165) is 46.5 Å². The van der Waals surface area contributed by atoms with E-state index in [0.29, 0.717) is 0 Å². The van der Waals surface area contributed by atoms with E-state index in [1.54, 1.807) is 11.3 Å². The molecule has 0 bridgehead atoms. The van der Waals surface area contributed by atoms with Gasteiger partial charge in [0, 0.05) is 37.2 Å². The number of benzene rings is 4. The zero-order chi connectivity index (χ0) is 31.7. The average Bonchev–Trinajstić information content (AvgIpc) is 3.47. The van der Waals surface area contributed by atoms with Crippen molar-refractivity contribution in [2.45, 2.75) is 45.3 Å². The molecule has 0 atom stereocenters. The molecule has 0 aliphatic heterocycles. The van der Waals surface area contributed by atoms with E-state index in [4.69, 9.17) is 4.98 Å². The summed E-state index contributed by atoms with van der Waals surface area (Å²) in [5, 5.41) is 3.90. The van der Waals surface area contributed by atoms with Gasteiger partial charge >= 0.3 is 0 Å². The zero-order valence-electron chi connectivity index (χ0n) is 26.7. The van der Waals surface area contributed by atoms with Crippen LogP contribution in [0.3, 0.4) is 0 Å². The second-order valence-electron chi connectivity index (χ2n) is 12.9. The van der Waals surface area contributed by atoms with E-state index in [-0.39, 0.29) is 25.9 Å². The van der Waals surface area contributed by atoms with Gasteiger partial charge in [-0.2, -0.15) is 11.3 Å². The maximum absolute atomic E-state index is 13.3. The molecule has 8 rings (SSSR count). The van der Waals surface area contributed by atoms with Gasteiger partial charge in [0.1, 0.15) is 5.82 Å². The van der Waals surface area contributed by atoms with Crippen molar-refractivity contribution in [1.29, 1.82) is 0 Å². The molecule has 3 heterocycles. The molecular formula is C41H35FIrN2SSi-2. The fourth-order valence-electron chi connectivity index (χ4n) is 6.17. The summed E-state index contributed by atoms with van der Waals surface area (Å²) in [6.07, 6.45) is 8.71. The standard InChI is InChI=1S/C27H19FNS.C14H16NSi.Ir/c28-20-11-8-17(9-12-20)19-10-13-22-23-6-3-7-24(27(23)30-25(22)16-19)26-21-5-2-1-4-18(21)14-15-29-26;1-16(2,3)13-9-10-14(15-11-13)12-7-5-4-6-8-12;/h3,6,8-16H,1-2,4-5H2;4-7,9-11H,1-3H3;/q2*-1;. The van der Waals surface area contributed by atoms with E-state index in [1.165, 1.54) is 61.5 Å². The van der Waals surface area contributed by atoms with Crippen molar-refractivity contribution < 1.29 is 24.5 Å². The van der Waals surface area contributed by atoms with Gasteiger partial charge in [-0.05, 0) is 87.7 Å². The van der Waals surface area contributed by atoms with Crippen LogP contribution >= 0.6 is 11.3 Å². The van der Waals surface area contributed by atoms with Gasteiger partial charge in [0.05, 0.1) is 8.07 Å². The largest absolute Gasteiger partial charge is 0.305 e. The summed E-state index contributed by atoms with van der Waals surface area (Å²) in [7, 11) is -1.23. The maximum atomic E-state index is 13.3. The van der Waals surface area contributed by atoms with Crippen molar-refractivity contribution >= 4 is 44.8 Å². The second-order valence-corrected chi connectivity index (χ2v) is 19.0.